The maximum absolute atomic E-state index is 13.2. The van der Waals surface area contributed by atoms with Crippen LogP contribution in [0.2, 0.25) is 0 Å². The van der Waals surface area contributed by atoms with E-state index in [4.69, 9.17) is 0 Å². The van der Waals surface area contributed by atoms with Crippen molar-refractivity contribution in [3.05, 3.63) is 53.9 Å². The fourth-order valence-electron chi connectivity index (χ4n) is 3.75. The van der Waals surface area contributed by atoms with Crippen LogP contribution in [0.15, 0.2) is 36.9 Å². The predicted molar refractivity (Wildman–Crippen MR) is 118 cm³/mol. The van der Waals surface area contributed by atoms with E-state index in [2.05, 4.69) is 20.4 Å². The van der Waals surface area contributed by atoms with Crippen molar-refractivity contribution in [2.45, 2.75) is 46.2 Å². The van der Waals surface area contributed by atoms with Crippen LogP contribution in [-0.4, -0.2) is 77.0 Å². The molecule has 0 saturated carbocycles. The summed E-state index contributed by atoms with van der Waals surface area (Å²) < 4.78 is 3.35. The molecule has 1 saturated heterocycles. The molecule has 4 heterocycles. The van der Waals surface area contributed by atoms with Gasteiger partial charge in [-0.2, -0.15) is 5.10 Å². The highest BCUT2D eigenvalue weighted by Gasteiger charge is 2.33. The maximum Gasteiger partial charge on any atom is 0.276 e. The number of amides is 2. The van der Waals surface area contributed by atoms with E-state index in [0.717, 1.165) is 5.69 Å². The number of aryl methyl sites for hydroxylation is 1. The van der Waals surface area contributed by atoms with Crippen molar-refractivity contribution >= 4 is 11.8 Å². The number of piperazine rings is 1. The molecule has 0 spiro atoms. The van der Waals surface area contributed by atoms with Gasteiger partial charge < -0.3 is 9.80 Å². The lowest BCUT2D eigenvalue weighted by molar-refractivity contribution is 0.0410. The average Bonchev–Trinajstić information content (AvgIpc) is 3.40. The van der Waals surface area contributed by atoms with E-state index in [-0.39, 0.29) is 29.1 Å². The van der Waals surface area contributed by atoms with Crippen LogP contribution >= 0.6 is 0 Å². The van der Waals surface area contributed by atoms with Gasteiger partial charge in [0.05, 0.1) is 34.9 Å². The largest absolute Gasteiger partial charge is 0.335 e. The van der Waals surface area contributed by atoms with E-state index in [1.54, 1.807) is 34.5 Å². The molecule has 1 aliphatic heterocycles. The predicted octanol–water partition coefficient (Wildman–Crippen LogP) is 1.91. The quantitative estimate of drug-likeness (QED) is 0.622. The standard InChI is InChI=1S/C22H28N8O2/c1-15-12-27(20(31)18-13-30(22(3,4)5)25-16(18)2)9-10-28(15)21(32)19-14-29(26-24-19)17-7-6-8-23-11-17/h6-8,11,13-15H,9-10,12H2,1-5H3. The molecule has 2 amide bonds. The number of aromatic nitrogens is 6. The lowest BCUT2D eigenvalue weighted by Gasteiger charge is -2.39. The van der Waals surface area contributed by atoms with Crippen molar-refractivity contribution in [2.75, 3.05) is 19.6 Å². The summed E-state index contributed by atoms with van der Waals surface area (Å²) in [5.74, 6) is -0.254. The van der Waals surface area contributed by atoms with Gasteiger partial charge >= 0.3 is 0 Å². The Morgan fingerprint density at radius 1 is 1.12 bits per heavy atom. The first kappa shape index (κ1) is 21.7. The van der Waals surface area contributed by atoms with Crippen LogP contribution in [0.1, 0.15) is 54.2 Å². The third-order valence-electron chi connectivity index (χ3n) is 5.62. The highest BCUT2D eigenvalue weighted by molar-refractivity contribution is 5.96. The van der Waals surface area contributed by atoms with Crippen molar-refractivity contribution in [1.29, 1.82) is 0 Å². The summed E-state index contributed by atoms with van der Waals surface area (Å²) in [5, 5.41) is 12.6. The Bertz CT molecular complexity index is 1130. The van der Waals surface area contributed by atoms with Gasteiger partial charge in [-0.25, -0.2) is 4.68 Å². The average molecular weight is 437 g/mol. The van der Waals surface area contributed by atoms with Crippen LogP contribution in [0, 0.1) is 6.92 Å². The monoisotopic (exact) mass is 436 g/mol. The molecule has 4 rings (SSSR count). The van der Waals surface area contributed by atoms with Gasteiger partial charge in [-0.1, -0.05) is 5.21 Å². The second kappa shape index (κ2) is 8.18. The Morgan fingerprint density at radius 2 is 1.91 bits per heavy atom. The number of hydrogen-bond acceptors (Lipinski definition) is 6. The molecule has 0 aromatic carbocycles. The number of rotatable bonds is 3. The van der Waals surface area contributed by atoms with E-state index in [1.165, 1.54) is 4.68 Å². The van der Waals surface area contributed by atoms with Crippen molar-refractivity contribution in [2.24, 2.45) is 0 Å². The number of hydrogen-bond donors (Lipinski definition) is 0. The Morgan fingerprint density at radius 3 is 2.53 bits per heavy atom. The molecule has 0 aliphatic carbocycles. The van der Waals surface area contributed by atoms with Crippen LogP contribution in [0.25, 0.3) is 5.69 Å². The minimum absolute atomic E-state index is 0.0560. The molecule has 1 fully saturated rings. The second-order valence-corrected chi connectivity index (χ2v) is 9.10. The minimum Gasteiger partial charge on any atom is -0.335 e. The maximum atomic E-state index is 13.2. The van der Waals surface area contributed by atoms with Crippen LogP contribution in [-0.2, 0) is 5.54 Å². The Labute approximate surface area is 186 Å². The molecule has 32 heavy (non-hydrogen) atoms. The summed E-state index contributed by atoms with van der Waals surface area (Å²) in [7, 11) is 0. The number of carbonyl (C=O) groups is 2. The molecule has 10 nitrogen and oxygen atoms in total. The zero-order valence-corrected chi connectivity index (χ0v) is 19.1. The molecular weight excluding hydrogens is 408 g/mol. The van der Waals surface area contributed by atoms with Gasteiger partial charge in [0.1, 0.15) is 0 Å². The highest BCUT2D eigenvalue weighted by Crippen LogP contribution is 2.20. The number of carbonyl (C=O) groups excluding carboxylic acids is 2. The van der Waals surface area contributed by atoms with Gasteiger partial charge in [0.2, 0.25) is 0 Å². The Balaban J connectivity index is 1.45. The zero-order chi connectivity index (χ0) is 23.0. The smallest absolute Gasteiger partial charge is 0.276 e. The SMILES string of the molecule is Cc1nn(C(C)(C)C)cc1C(=O)N1CCN(C(=O)c2cn(-c3cccnc3)nn2)C(C)C1. The van der Waals surface area contributed by atoms with Crippen LogP contribution in [0.3, 0.4) is 0 Å². The van der Waals surface area contributed by atoms with Gasteiger partial charge in [0.25, 0.3) is 11.8 Å². The summed E-state index contributed by atoms with van der Waals surface area (Å²) in [6, 6.07) is 3.48. The molecule has 0 bridgehead atoms. The third kappa shape index (κ3) is 4.12. The second-order valence-electron chi connectivity index (χ2n) is 9.10. The molecule has 3 aromatic rings. The molecule has 1 unspecified atom stereocenters. The van der Waals surface area contributed by atoms with Gasteiger partial charge in [0, 0.05) is 38.1 Å². The van der Waals surface area contributed by atoms with Crippen molar-refractivity contribution in [1.82, 2.24) is 39.6 Å². The summed E-state index contributed by atoms with van der Waals surface area (Å²) in [6.07, 6.45) is 6.74. The molecule has 1 aliphatic rings. The summed E-state index contributed by atoms with van der Waals surface area (Å²) >= 11 is 0. The molecule has 0 N–H and O–H groups in total. The molecule has 10 heteroatoms. The zero-order valence-electron chi connectivity index (χ0n) is 19.1. The Kier molecular flexibility index (Phi) is 5.53. The Hall–Kier alpha value is -3.56. The van der Waals surface area contributed by atoms with Gasteiger partial charge in [-0.3, -0.25) is 19.3 Å². The fraction of sp³-hybridized carbons (Fsp3) is 0.455. The van der Waals surface area contributed by atoms with E-state index in [9.17, 15) is 9.59 Å². The number of pyridine rings is 1. The van der Waals surface area contributed by atoms with Crippen LogP contribution < -0.4 is 0 Å². The third-order valence-corrected chi connectivity index (χ3v) is 5.62. The first-order chi connectivity index (χ1) is 15.1. The lowest BCUT2D eigenvalue weighted by atomic mass is 10.1. The fourth-order valence-corrected chi connectivity index (χ4v) is 3.75. The van der Waals surface area contributed by atoms with Gasteiger partial charge in [-0.05, 0) is 46.8 Å². The van der Waals surface area contributed by atoms with Crippen molar-refractivity contribution in [3.8, 4) is 5.69 Å². The first-order valence-corrected chi connectivity index (χ1v) is 10.6. The minimum atomic E-state index is -0.199. The molecular formula is C22H28N8O2. The highest BCUT2D eigenvalue weighted by atomic mass is 16.2. The van der Waals surface area contributed by atoms with Gasteiger partial charge in [-0.15, -0.1) is 5.10 Å². The molecule has 0 radical (unpaired) electrons. The van der Waals surface area contributed by atoms with E-state index < -0.39 is 0 Å². The van der Waals surface area contributed by atoms with Crippen LogP contribution in [0.5, 0.6) is 0 Å². The molecule has 168 valence electrons. The topological polar surface area (TPSA) is 102 Å². The van der Waals surface area contributed by atoms with Crippen molar-refractivity contribution in [3.63, 3.8) is 0 Å². The number of nitrogens with zero attached hydrogens (tertiary/aromatic N) is 8. The van der Waals surface area contributed by atoms with Crippen molar-refractivity contribution < 1.29 is 9.59 Å². The first-order valence-electron chi connectivity index (χ1n) is 10.6. The van der Waals surface area contributed by atoms with Crippen LogP contribution in [0.4, 0.5) is 0 Å². The summed E-state index contributed by atoms with van der Waals surface area (Å²) in [4.78, 5) is 33.8. The summed E-state index contributed by atoms with van der Waals surface area (Å²) in [6.45, 7) is 11.3. The molecule has 3 aromatic heterocycles. The van der Waals surface area contributed by atoms with E-state index in [1.807, 2.05) is 51.6 Å². The lowest BCUT2D eigenvalue weighted by Crippen LogP contribution is -2.55. The summed E-state index contributed by atoms with van der Waals surface area (Å²) in [5.41, 5.74) is 2.11. The van der Waals surface area contributed by atoms with Gasteiger partial charge in [0.15, 0.2) is 5.69 Å². The van der Waals surface area contributed by atoms with E-state index >= 15 is 0 Å². The normalized spacial score (nSPS) is 17.0. The molecule has 1 atom stereocenters. The van der Waals surface area contributed by atoms with E-state index in [0.29, 0.717) is 30.9 Å².